The molecule has 0 spiro atoms. The van der Waals surface area contributed by atoms with Crippen molar-refractivity contribution in [1.29, 1.82) is 0 Å². The van der Waals surface area contributed by atoms with Gasteiger partial charge in [-0.25, -0.2) is 4.39 Å². The Bertz CT molecular complexity index is 617. The average molecular weight is 361 g/mol. The van der Waals surface area contributed by atoms with Gasteiger partial charge >= 0.3 is 5.97 Å². The van der Waals surface area contributed by atoms with Crippen molar-refractivity contribution < 1.29 is 13.9 Å². The van der Waals surface area contributed by atoms with Gasteiger partial charge in [-0.05, 0) is 48.6 Å². The maximum absolute atomic E-state index is 14.9. The van der Waals surface area contributed by atoms with Gasteiger partial charge in [0.2, 0.25) is 0 Å². The van der Waals surface area contributed by atoms with Crippen LogP contribution in [0.3, 0.4) is 0 Å². The lowest BCUT2D eigenvalue weighted by Gasteiger charge is -2.27. The van der Waals surface area contributed by atoms with Crippen LogP contribution in [0.1, 0.15) is 82.8 Å². The first-order chi connectivity index (χ1) is 12.6. The fourth-order valence-electron chi connectivity index (χ4n) is 4.47. The average Bonchev–Trinajstić information content (AvgIpc) is 2.64. The molecule has 1 heterocycles. The van der Waals surface area contributed by atoms with E-state index in [9.17, 15) is 9.18 Å². The van der Waals surface area contributed by atoms with Crippen LogP contribution in [0.15, 0.2) is 12.1 Å². The van der Waals surface area contributed by atoms with Crippen LogP contribution in [0.5, 0.6) is 5.75 Å². The number of esters is 1. The Hall–Kier alpha value is -1.38. The Morgan fingerprint density at radius 1 is 1.12 bits per heavy atom. The molecule has 1 atom stereocenters. The van der Waals surface area contributed by atoms with Crippen molar-refractivity contribution in [2.75, 3.05) is 0 Å². The van der Waals surface area contributed by atoms with E-state index in [0.29, 0.717) is 17.9 Å². The fourth-order valence-corrected chi connectivity index (χ4v) is 4.47. The molecule has 2 aliphatic rings. The topological polar surface area (TPSA) is 26.3 Å². The predicted molar refractivity (Wildman–Crippen MR) is 103 cm³/mol. The second kappa shape index (κ2) is 9.01. The summed E-state index contributed by atoms with van der Waals surface area (Å²) in [4.78, 5) is 12.3. The Kier molecular flexibility index (Phi) is 6.72. The van der Waals surface area contributed by atoms with E-state index >= 15 is 0 Å². The van der Waals surface area contributed by atoms with Gasteiger partial charge in [0.05, 0.1) is 5.92 Å². The Morgan fingerprint density at radius 2 is 1.88 bits per heavy atom. The molecule has 1 unspecified atom stereocenters. The molecule has 0 amide bonds. The number of hydrogen-bond acceptors (Lipinski definition) is 2. The number of aryl methyl sites for hydroxylation is 1. The summed E-state index contributed by atoms with van der Waals surface area (Å²) in [5, 5.41) is 0. The normalized spacial score (nSPS) is 25.7. The maximum atomic E-state index is 14.9. The van der Waals surface area contributed by atoms with E-state index in [2.05, 4.69) is 13.8 Å². The van der Waals surface area contributed by atoms with E-state index in [4.69, 9.17) is 4.74 Å². The van der Waals surface area contributed by atoms with E-state index in [1.54, 1.807) is 0 Å². The lowest BCUT2D eigenvalue weighted by Crippen LogP contribution is -2.28. The van der Waals surface area contributed by atoms with Crippen molar-refractivity contribution in [1.82, 2.24) is 0 Å². The molecule has 0 N–H and O–H groups in total. The number of benzene rings is 1. The minimum Gasteiger partial charge on any atom is -0.423 e. The third-order valence-corrected chi connectivity index (χ3v) is 6.37. The minimum absolute atomic E-state index is 0.108. The first-order valence-corrected chi connectivity index (χ1v) is 10.6. The maximum Gasteiger partial charge on any atom is 0.314 e. The van der Waals surface area contributed by atoms with Crippen LogP contribution >= 0.6 is 0 Å². The third-order valence-electron chi connectivity index (χ3n) is 6.37. The van der Waals surface area contributed by atoms with Crippen molar-refractivity contribution in [3.63, 3.8) is 0 Å². The zero-order valence-corrected chi connectivity index (χ0v) is 16.4. The van der Waals surface area contributed by atoms with Crippen LogP contribution in [0.2, 0.25) is 0 Å². The highest BCUT2D eigenvalue weighted by Gasteiger charge is 2.31. The van der Waals surface area contributed by atoms with Crippen molar-refractivity contribution in [2.45, 2.75) is 84.5 Å². The molecule has 1 fully saturated rings. The summed E-state index contributed by atoms with van der Waals surface area (Å²) >= 11 is 0. The molecule has 0 saturated heterocycles. The van der Waals surface area contributed by atoms with Crippen LogP contribution < -0.4 is 4.74 Å². The summed E-state index contributed by atoms with van der Waals surface area (Å²) < 4.78 is 20.3. The zero-order valence-electron chi connectivity index (χ0n) is 16.4. The van der Waals surface area contributed by atoms with Crippen molar-refractivity contribution >= 4 is 5.97 Å². The van der Waals surface area contributed by atoms with Crippen LogP contribution in [-0.2, 0) is 17.6 Å². The smallest absolute Gasteiger partial charge is 0.314 e. The number of halogens is 1. The summed E-state index contributed by atoms with van der Waals surface area (Å²) in [6.07, 6.45) is 11.7. The van der Waals surface area contributed by atoms with Gasteiger partial charge in [-0.2, -0.15) is 0 Å². The molecular formula is C23H33FO2. The van der Waals surface area contributed by atoms with Gasteiger partial charge in [-0.3, -0.25) is 4.79 Å². The lowest BCUT2D eigenvalue weighted by atomic mass is 9.80. The van der Waals surface area contributed by atoms with Gasteiger partial charge in [-0.1, -0.05) is 70.9 Å². The largest absolute Gasteiger partial charge is 0.423 e. The highest BCUT2D eigenvalue weighted by Crippen LogP contribution is 2.36. The molecule has 1 aliphatic heterocycles. The van der Waals surface area contributed by atoms with Crippen molar-refractivity contribution in [3.05, 3.63) is 29.1 Å². The summed E-state index contributed by atoms with van der Waals surface area (Å²) in [5.74, 6) is 1.11. The van der Waals surface area contributed by atoms with E-state index in [-0.39, 0.29) is 23.5 Å². The Balaban J connectivity index is 1.61. The molecule has 1 saturated carbocycles. The standard InChI is InChI=1S/C23H33FO2/c1-3-4-5-6-20-15-19-14-13-18(21(24)22(19)26-23(20)25)12-11-17-9-7-16(2)8-10-17/h13-14,16-17,20H,3-12,15H2,1-2H3. The Morgan fingerprint density at radius 3 is 2.62 bits per heavy atom. The Labute approximate surface area is 157 Å². The monoisotopic (exact) mass is 360 g/mol. The van der Waals surface area contributed by atoms with Gasteiger partial charge in [0, 0.05) is 0 Å². The van der Waals surface area contributed by atoms with Crippen LogP contribution in [0.4, 0.5) is 4.39 Å². The summed E-state index contributed by atoms with van der Waals surface area (Å²) in [6.45, 7) is 4.47. The number of unbranched alkanes of at least 4 members (excludes halogenated alkanes) is 2. The first-order valence-electron chi connectivity index (χ1n) is 10.6. The molecule has 3 heteroatoms. The molecule has 1 aromatic rings. The summed E-state index contributed by atoms with van der Waals surface area (Å²) in [6, 6.07) is 3.90. The van der Waals surface area contributed by atoms with Crippen LogP contribution in [-0.4, -0.2) is 5.97 Å². The van der Waals surface area contributed by atoms with Crippen molar-refractivity contribution in [2.24, 2.45) is 17.8 Å². The number of rotatable bonds is 7. The van der Waals surface area contributed by atoms with Gasteiger partial charge in [0.15, 0.2) is 11.6 Å². The number of fused-ring (bicyclic) bond motifs is 1. The molecule has 0 bridgehead atoms. The summed E-state index contributed by atoms with van der Waals surface area (Å²) in [7, 11) is 0. The molecule has 3 rings (SSSR count). The quantitative estimate of drug-likeness (QED) is 0.327. The third kappa shape index (κ3) is 4.66. The summed E-state index contributed by atoms with van der Waals surface area (Å²) in [5.41, 5.74) is 1.57. The second-order valence-corrected chi connectivity index (χ2v) is 8.51. The first kappa shape index (κ1) is 19.4. The van der Waals surface area contributed by atoms with E-state index in [1.165, 1.54) is 25.7 Å². The molecule has 144 valence electrons. The lowest BCUT2D eigenvalue weighted by molar-refractivity contribution is -0.140. The van der Waals surface area contributed by atoms with Gasteiger partial charge in [0.1, 0.15) is 0 Å². The number of ether oxygens (including phenoxy) is 1. The fraction of sp³-hybridized carbons (Fsp3) is 0.696. The van der Waals surface area contributed by atoms with Gasteiger partial charge < -0.3 is 4.74 Å². The minimum atomic E-state index is -0.299. The molecule has 0 radical (unpaired) electrons. The number of hydrogen-bond donors (Lipinski definition) is 0. The number of carbonyl (C=O) groups is 1. The molecule has 1 aliphatic carbocycles. The molecule has 0 aromatic heterocycles. The zero-order chi connectivity index (χ0) is 18.5. The van der Waals surface area contributed by atoms with E-state index in [1.807, 2.05) is 12.1 Å². The van der Waals surface area contributed by atoms with E-state index < -0.39 is 0 Å². The molecule has 2 nitrogen and oxygen atoms in total. The van der Waals surface area contributed by atoms with Gasteiger partial charge in [-0.15, -0.1) is 0 Å². The number of carbonyl (C=O) groups excluding carboxylic acids is 1. The highest BCUT2D eigenvalue weighted by molar-refractivity contribution is 5.78. The van der Waals surface area contributed by atoms with E-state index in [0.717, 1.165) is 50.0 Å². The SMILES string of the molecule is CCCCCC1Cc2ccc(CCC3CCC(C)CC3)c(F)c2OC1=O. The van der Waals surface area contributed by atoms with Crippen LogP contribution in [0.25, 0.3) is 0 Å². The predicted octanol–water partition coefficient (Wildman–Crippen LogP) is 6.24. The molecule has 1 aromatic carbocycles. The second-order valence-electron chi connectivity index (χ2n) is 8.51. The molecule has 26 heavy (non-hydrogen) atoms. The molecular weight excluding hydrogens is 327 g/mol. The highest BCUT2D eigenvalue weighted by atomic mass is 19.1. The van der Waals surface area contributed by atoms with Crippen LogP contribution in [0, 0.1) is 23.6 Å². The van der Waals surface area contributed by atoms with Gasteiger partial charge in [0.25, 0.3) is 0 Å². The van der Waals surface area contributed by atoms with Crippen molar-refractivity contribution in [3.8, 4) is 5.75 Å².